The zero-order valence-electron chi connectivity index (χ0n) is 16.8. The van der Waals surface area contributed by atoms with Gasteiger partial charge in [-0.2, -0.15) is 0 Å². The van der Waals surface area contributed by atoms with Crippen LogP contribution in [0, 0.1) is 0 Å². The predicted octanol–water partition coefficient (Wildman–Crippen LogP) is 3.55. The standard InChI is InChI=1S/C22H24N4O3/c1-26(13-9-16-6-10-23-11-7-16)22(27)17-8-12-24-21(14-17)25-18-4-5-19(28-2)20(15-18)29-3/h4-8,10-12,14-15H,9,13H2,1-3H3,(H,24,25). The Bertz CT molecular complexity index is 963. The van der Waals surface area contributed by atoms with Gasteiger partial charge in [0.15, 0.2) is 11.5 Å². The van der Waals surface area contributed by atoms with Gasteiger partial charge in [-0.3, -0.25) is 9.78 Å². The SMILES string of the molecule is COc1ccc(Nc2cc(C(=O)N(C)CCc3ccncc3)ccn2)cc1OC. The van der Waals surface area contributed by atoms with E-state index in [0.29, 0.717) is 29.4 Å². The van der Waals surface area contributed by atoms with Gasteiger partial charge in [-0.05, 0) is 48.4 Å². The largest absolute Gasteiger partial charge is 0.493 e. The van der Waals surface area contributed by atoms with Gasteiger partial charge < -0.3 is 19.7 Å². The van der Waals surface area contributed by atoms with Crippen molar-refractivity contribution in [2.45, 2.75) is 6.42 Å². The third-order valence-corrected chi connectivity index (χ3v) is 4.49. The van der Waals surface area contributed by atoms with Crippen LogP contribution in [0.1, 0.15) is 15.9 Å². The lowest BCUT2D eigenvalue weighted by Gasteiger charge is -2.18. The summed E-state index contributed by atoms with van der Waals surface area (Å²) in [6.07, 6.45) is 5.90. The van der Waals surface area contributed by atoms with E-state index in [9.17, 15) is 4.79 Å². The summed E-state index contributed by atoms with van der Waals surface area (Å²) in [5, 5.41) is 3.20. The van der Waals surface area contributed by atoms with E-state index in [2.05, 4.69) is 15.3 Å². The molecule has 0 saturated heterocycles. The number of ether oxygens (including phenoxy) is 2. The Balaban J connectivity index is 1.67. The van der Waals surface area contributed by atoms with Crippen molar-refractivity contribution in [2.24, 2.45) is 0 Å². The molecule has 3 aromatic rings. The summed E-state index contributed by atoms with van der Waals surface area (Å²) in [6, 6.07) is 12.8. The smallest absolute Gasteiger partial charge is 0.253 e. The number of nitrogens with one attached hydrogen (secondary N) is 1. The van der Waals surface area contributed by atoms with Crippen LogP contribution in [0.5, 0.6) is 11.5 Å². The lowest BCUT2D eigenvalue weighted by atomic mass is 10.2. The highest BCUT2D eigenvalue weighted by molar-refractivity contribution is 5.94. The molecule has 0 atom stereocenters. The first-order chi connectivity index (χ1) is 14.1. The first kappa shape index (κ1) is 20.1. The van der Waals surface area contributed by atoms with Crippen LogP contribution in [0.2, 0.25) is 0 Å². The van der Waals surface area contributed by atoms with E-state index in [1.54, 1.807) is 56.9 Å². The second kappa shape index (κ2) is 9.54. The molecule has 7 heteroatoms. The molecule has 0 aliphatic heterocycles. The van der Waals surface area contributed by atoms with E-state index >= 15 is 0 Å². The number of likely N-dealkylation sites (N-methyl/N-ethyl adjacent to an activating group) is 1. The average molecular weight is 392 g/mol. The zero-order valence-corrected chi connectivity index (χ0v) is 16.8. The Morgan fingerprint density at radius 3 is 2.48 bits per heavy atom. The van der Waals surface area contributed by atoms with Crippen LogP contribution in [0.4, 0.5) is 11.5 Å². The van der Waals surface area contributed by atoms with Gasteiger partial charge in [0.25, 0.3) is 5.91 Å². The molecule has 2 aromatic heterocycles. The molecule has 2 heterocycles. The molecular formula is C22H24N4O3. The zero-order chi connectivity index (χ0) is 20.6. The molecule has 0 aliphatic rings. The highest BCUT2D eigenvalue weighted by Gasteiger charge is 2.13. The van der Waals surface area contributed by atoms with Crippen LogP contribution in [0.3, 0.4) is 0 Å². The summed E-state index contributed by atoms with van der Waals surface area (Å²) in [5.41, 5.74) is 2.50. The fraction of sp³-hybridized carbons (Fsp3) is 0.227. The first-order valence-electron chi connectivity index (χ1n) is 9.20. The van der Waals surface area contributed by atoms with E-state index in [0.717, 1.165) is 17.7 Å². The molecule has 0 bridgehead atoms. The molecular weight excluding hydrogens is 368 g/mol. The number of hydrogen-bond acceptors (Lipinski definition) is 6. The maximum Gasteiger partial charge on any atom is 0.253 e. The van der Waals surface area contributed by atoms with Crippen LogP contribution in [-0.4, -0.2) is 48.6 Å². The van der Waals surface area contributed by atoms with Crippen molar-refractivity contribution in [2.75, 3.05) is 33.1 Å². The fourth-order valence-electron chi connectivity index (χ4n) is 2.86. The van der Waals surface area contributed by atoms with Gasteiger partial charge in [-0.1, -0.05) is 0 Å². The normalized spacial score (nSPS) is 10.3. The third kappa shape index (κ3) is 5.22. The Morgan fingerprint density at radius 2 is 1.76 bits per heavy atom. The van der Waals surface area contributed by atoms with Gasteiger partial charge in [0, 0.05) is 49.5 Å². The lowest BCUT2D eigenvalue weighted by Crippen LogP contribution is -2.28. The number of nitrogens with zero attached hydrogens (tertiary/aromatic N) is 3. The Kier molecular flexibility index (Phi) is 6.63. The molecule has 29 heavy (non-hydrogen) atoms. The Hall–Kier alpha value is -3.61. The van der Waals surface area contributed by atoms with Crippen molar-refractivity contribution in [3.63, 3.8) is 0 Å². The van der Waals surface area contributed by atoms with Crippen molar-refractivity contribution >= 4 is 17.4 Å². The maximum atomic E-state index is 12.8. The van der Waals surface area contributed by atoms with Crippen molar-refractivity contribution in [1.29, 1.82) is 0 Å². The predicted molar refractivity (Wildman–Crippen MR) is 112 cm³/mol. The van der Waals surface area contributed by atoms with Gasteiger partial charge in [0.2, 0.25) is 0 Å². The second-order valence-corrected chi connectivity index (χ2v) is 6.46. The topological polar surface area (TPSA) is 76.6 Å². The number of rotatable bonds is 8. The minimum atomic E-state index is -0.0585. The molecule has 0 spiro atoms. The van der Waals surface area contributed by atoms with Crippen molar-refractivity contribution < 1.29 is 14.3 Å². The molecule has 0 aliphatic carbocycles. The van der Waals surface area contributed by atoms with Crippen molar-refractivity contribution in [1.82, 2.24) is 14.9 Å². The number of carbonyl (C=O) groups excluding carboxylic acids is 1. The number of anilines is 2. The molecule has 7 nitrogen and oxygen atoms in total. The number of carbonyl (C=O) groups is 1. The molecule has 1 N–H and O–H groups in total. The van der Waals surface area contributed by atoms with E-state index < -0.39 is 0 Å². The summed E-state index contributed by atoms with van der Waals surface area (Å²) >= 11 is 0. The summed E-state index contributed by atoms with van der Waals surface area (Å²) in [7, 11) is 4.97. The minimum absolute atomic E-state index is 0.0585. The van der Waals surface area contributed by atoms with Gasteiger partial charge in [-0.25, -0.2) is 4.98 Å². The van der Waals surface area contributed by atoms with Crippen LogP contribution in [0.15, 0.2) is 61.1 Å². The van der Waals surface area contributed by atoms with Gasteiger partial charge in [0.05, 0.1) is 14.2 Å². The first-order valence-corrected chi connectivity index (χ1v) is 9.20. The monoisotopic (exact) mass is 392 g/mol. The Morgan fingerprint density at radius 1 is 1.00 bits per heavy atom. The number of benzene rings is 1. The molecule has 0 fully saturated rings. The summed E-state index contributed by atoms with van der Waals surface area (Å²) in [5.74, 6) is 1.77. The molecule has 3 rings (SSSR count). The van der Waals surface area contributed by atoms with Crippen LogP contribution in [-0.2, 0) is 6.42 Å². The molecule has 0 unspecified atom stereocenters. The van der Waals surface area contributed by atoms with E-state index in [1.165, 1.54) is 0 Å². The number of aromatic nitrogens is 2. The highest BCUT2D eigenvalue weighted by atomic mass is 16.5. The van der Waals surface area contributed by atoms with Gasteiger partial charge >= 0.3 is 0 Å². The molecule has 1 aromatic carbocycles. The molecule has 0 saturated carbocycles. The van der Waals surface area contributed by atoms with Gasteiger partial charge in [-0.15, -0.1) is 0 Å². The van der Waals surface area contributed by atoms with E-state index in [-0.39, 0.29) is 5.91 Å². The summed E-state index contributed by atoms with van der Waals surface area (Å²) in [4.78, 5) is 22.8. The van der Waals surface area contributed by atoms with E-state index in [4.69, 9.17) is 9.47 Å². The molecule has 0 radical (unpaired) electrons. The Labute approximate surface area is 170 Å². The second-order valence-electron chi connectivity index (χ2n) is 6.46. The summed E-state index contributed by atoms with van der Waals surface area (Å²) < 4.78 is 10.6. The number of amides is 1. The van der Waals surface area contributed by atoms with E-state index in [1.807, 2.05) is 30.3 Å². The molecule has 1 amide bonds. The van der Waals surface area contributed by atoms with Crippen LogP contribution < -0.4 is 14.8 Å². The minimum Gasteiger partial charge on any atom is -0.493 e. The van der Waals surface area contributed by atoms with Crippen molar-refractivity contribution in [3.05, 3.63) is 72.2 Å². The molecule has 150 valence electrons. The lowest BCUT2D eigenvalue weighted by molar-refractivity contribution is 0.0796. The van der Waals surface area contributed by atoms with Crippen LogP contribution >= 0.6 is 0 Å². The number of pyridine rings is 2. The third-order valence-electron chi connectivity index (χ3n) is 4.49. The number of hydrogen-bond donors (Lipinski definition) is 1. The van der Waals surface area contributed by atoms with Crippen molar-refractivity contribution in [3.8, 4) is 11.5 Å². The van der Waals surface area contributed by atoms with Gasteiger partial charge in [0.1, 0.15) is 5.82 Å². The highest BCUT2D eigenvalue weighted by Crippen LogP contribution is 2.30. The fourth-order valence-corrected chi connectivity index (χ4v) is 2.86. The van der Waals surface area contributed by atoms with Crippen LogP contribution in [0.25, 0.3) is 0 Å². The summed E-state index contributed by atoms with van der Waals surface area (Å²) in [6.45, 7) is 0.615. The number of methoxy groups -OCH3 is 2. The average Bonchev–Trinajstić information content (AvgIpc) is 2.77. The quantitative estimate of drug-likeness (QED) is 0.632. The maximum absolute atomic E-state index is 12.8.